The minimum Gasteiger partial charge on any atom is -0.347 e. The number of hydrogen-bond donors (Lipinski definition) is 2. The van der Waals surface area contributed by atoms with Crippen molar-refractivity contribution in [2.45, 2.75) is 6.42 Å². The quantitative estimate of drug-likeness (QED) is 0.849. The van der Waals surface area contributed by atoms with E-state index in [1.165, 1.54) is 12.1 Å². The molecule has 0 atom stereocenters. The Labute approximate surface area is 130 Å². The molecule has 7 heteroatoms. The molecule has 0 saturated carbocycles. The molecule has 2 rings (SSSR count). The van der Waals surface area contributed by atoms with Crippen LogP contribution in [-0.4, -0.2) is 18.4 Å². The molecular weight excluding hydrogens is 309 g/mol. The van der Waals surface area contributed by atoms with Gasteiger partial charge in [0.2, 0.25) is 0 Å². The van der Waals surface area contributed by atoms with Crippen LogP contribution >= 0.6 is 0 Å². The molecule has 120 valence electrons. The van der Waals surface area contributed by atoms with E-state index in [0.717, 1.165) is 18.2 Å². The lowest BCUT2D eigenvalue weighted by Gasteiger charge is -2.08. The summed E-state index contributed by atoms with van der Waals surface area (Å²) in [6.45, 7) is 0.00689. The van der Waals surface area contributed by atoms with Gasteiger partial charge in [-0.2, -0.15) is 0 Å². The number of para-hydroxylation sites is 1. The number of rotatable bonds is 4. The van der Waals surface area contributed by atoms with E-state index in [1.54, 1.807) is 12.1 Å². The van der Waals surface area contributed by atoms with Crippen LogP contribution in [0, 0.1) is 17.5 Å². The van der Waals surface area contributed by atoms with Gasteiger partial charge < -0.3 is 10.6 Å². The molecule has 2 aromatic carbocycles. The minimum atomic E-state index is -1.21. The van der Waals surface area contributed by atoms with E-state index in [2.05, 4.69) is 5.32 Å². The largest absolute Gasteiger partial charge is 0.347 e. The topological polar surface area (TPSA) is 58.2 Å². The average molecular weight is 322 g/mol. The molecule has 0 aliphatic rings. The maximum absolute atomic E-state index is 13.4. The van der Waals surface area contributed by atoms with E-state index >= 15 is 0 Å². The molecule has 4 nitrogen and oxygen atoms in total. The summed E-state index contributed by atoms with van der Waals surface area (Å²) in [6.07, 6.45) is 0.180. The van der Waals surface area contributed by atoms with Gasteiger partial charge in [-0.15, -0.1) is 0 Å². The lowest BCUT2D eigenvalue weighted by molar-refractivity contribution is -0.136. The van der Waals surface area contributed by atoms with Crippen LogP contribution in [0.25, 0.3) is 0 Å². The second kappa shape index (κ2) is 7.44. The summed E-state index contributed by atoms with van der Waals surface area (Å²) >= 11 is 0. The fourth-order valence-corrected chi connectivity index (χ4v) is 1.88. The summed E-state index contributed by atoms with van der Waals surface area (Å²) in [5.41, 5.74) is -0.310. The van der Waals surface area contributed by atoms with Crippen molar-refractivity contribution in [3.63, 3.8) is 0 Å². The first-order chi connectivity index (χ1) is 11.0. The van der Waals surface area contributed by atoms with Crippen LogP contribution in [-0.2, 0) is 16.0 Å². The fraction of sp³-hybridized carbons (Fsp3) is 0.125. The van der Waals surface area contributed by atoms with Gasteiger partial charge in [0.25, 0.3) is 0 Å². The van der Waals surface area contributed by atoms with Crippen molar-refractivity contribution in [3.05, 3.63) is 65.5 Å². The Kier molecular flexibility index (Phi) is 5.35. The maximum Gasteiger partial charge on any atom is 0.313 e. The van der Waals surface area contributed by atoms with Crippen molar-refractivity contribution >= 4 is 17.5 Å². The first kappa shape index (κ1) is 16.5. The highest BCUT2D eigenvalue weighted by atomic mass is 19.1. The molecule has 0 fully saturated rings. The number of carbonyl (C=O) groups is 2. The molecule has 23 heavy (non-hydrogen) atoms. The van der Waals surface area contributed by atoms with E-state index in [1.807, 2.05) is 5.32 Å². The van der Waals surface area contributed by atoms with Crippen LogP contribution in [0.4, 0.5) is 18.9 Å². The molecule has 0 unspecified atom stereocenters. The molecule has 2 amide bonds. The van der Waals surface area contributed by atoms with Gasteiger partial charge in [-0.25, -0.2) is 13.2 Å². The summed E-state index contributed by atoms with van der Waals surface area (Å²) in [6, 6.07) is 9.06. The Morgan fingerprint density at radius 2 is 1.43 bits per heavy atom. The van der Waals surface area contributed by atoms with Gasteiger partial charge in [0.1, 0.15) is 23.1 Å². The van der Waals surface area contributed by atoms with Gasteiger partial charge >= 0.3 is 11.8 Å². The molecule has 0 aliphatic carbocycles. The third kappa shape index (κ3) is 4.32. The molecule has 0 saturated heterocycles. The highest BCUT2D eigenvalue weighted by Crippen LogP contribution is 2.17. The molecular formula is C16H13F3N2O2. The molecule has 0 aliphatic heterocycles. The van der Waals surface area contributed by atoms with Crippen LogP contribution in [0.3, 0.4) is 0 Å². The smallest absolute Gasteiger partial charge is 0.313 e. The Morgan fingerprint density at radius 3 is 2.09 bits per heavy atom. The normalized spacial score (nSPS) is 10.2. The van der Waals surface area contributed by atoms with Gasteiger partial charge in [-0.3, -0.25) is 9.59 Å². The number of nitrogens with one attached hydrogen (secondary N) is 2. The zero-order valence-electron chi connectivity index (χ0n) is 11.9. The summed E-state index contributed by atoms with van der Waals surface area (Å²) in [4.78, 5) is 23.2. The standard InChI is InChI=1S/C16H13F3N2O2/c17-11-5-2-1-4-10(11)8-9-20-15(22)16(23)21-14-12(18)6-3-7-13(14)19/h1-7H,8-9H2,(H,20,22)(H,21,23). The van der Waals surface area contributed by atoms with E-state index in [-0.39, 0.29) is 13.0 Å². The molecule has 2 N–H and O–H groups in total. The lowest BCUT2D eigenvalue weighted by Crippen LogP contribution is -2.36. The zero-order valence-corrected chi connectivity index (χ0v) is 11.9. The number of anilines is 1. The number of amides is 2. The van der Waals surface area contributed by atoms with Crippen molar-refractivity contribution < 1.29 is 22.8 Å². The van der Waals surface area contributed by atoms with E-state index in [9.17, 15) is 22.8 Å². The fourth-order valence-electron chi connectivity index (χ4n) is 1.88. The van der Waals surface area contributed by atoms with Gasteiger partial charge in [-0.05, 0) is 30.2 Å². The van der Waals surface area contributed by atoms with Gasteiger partial charge in [0, 0.05) is 6.54 Å². The predicted octanol–water partition coefficient (Wildman–Crippen LogP) is 2.40. The highest BCUT2D eigenvalue weighted by molar-refractivity contribution is 6.39. The molecule has 0 bridgehead atoms. The Hall–Kier alpha value is -2.83. The van der Waals surface area contributed by atoms with E-state index in [4.69, 9.17) is 0 Å². The second-order valence-electron chi connectivity index (χ2n) is 4.65. The number of hydrogen-bond acceptors (Lipinski definition) is 2. The first-order valence-corrected chi connectivity index (χ1v) is 6.75. The lowest BCUT2D eigenvalue weighted by atomic mass is 10.1. The Morgan fingerprint density at radius 1 is 0.826 bits per heavy atom. The van der Waals surface area contributed by atoms with Gasteiger partial charge in [0.15, 0.2) is 0 Å². The summed E-state index contributed by atoms with van der Waals surface area (Å²) in [5.74, 6) is -4.67. The van der Waals surface area contributed by atoms with Crippen molar-refractivity contribution in [1.29, 1.82) is 0 Å². The van der Waals surface area contributed by atoms with Crippen LogP contribution in [0.5, 0.6) is 0 Å². The minimum absolute atomic E-state index is 0.00689. The molecule has 0 aromatic heterocycles. The Balaban J connectivity index is 1.88. The Bertz CT molecular complexity index is 715. The predicted molar refractivity (Wildman–Crippen MR) is 78.1 cm³/mol. The first-order valence-electron chi connectivity index (χ1n) is 6.75. The highest BCUT2D eigenvalue weighted by Gasteiger charge is 2.17. The summed E-state index contributed by atoms with van der Waals surface area (Å²) < 4.78 is 40.1. The molecule has 2 aromatic rings. The second-order valence-corrected chi connectivity index (χ2v) is 4.65. The van der Waals surface area contributed by atoms with Crippen LogP contribution in [0.15, 0.2) is 42.5 Å². The van der Waals surface area contributed by atoms with Gasteiger partial charge in [-0.1, -0.05) is 24.3 Å². The molecule has 0 heterocycles. The third-order valence-electron chi connectivity index (χ3n) is 3.05. The SMILES string of the molecule is O=C(NCCc1ccccc1F)C(=O)Nc1c(F)cccc1F. The van der Waals surface area contributed by atoms with E-state index in [0.29, 0.717) is 5.56 Å². The van der Waals surface area contributed by atoms with Crippen LogP contribution in [0.2, 0.25) is 0 Å². The van der Waals surface area contributed by atoms with Crippen LogP contribution < -0.4 is 10.6 Å². The summed E-state index contributed by atoms with van der Waals surface area (Å²) in [7, 11) is 0. The number of halogens is 3. The number of benzene rings is 2. The van der Waals surface area contributed by atoms with E-state index < -0.39 is 35.0 Å². The third-order valence-corrected chi connectivity index (χ3v) is 3.05. The van der Waals surface area contributed by atoms with Crippen molar-refractivity contribution in [3.8, 4) is 0 Å². The monoisotopic (exact) mass is 322 g/mol. The summed E-state index contributed by atoms with van der Waals surface area (Å²) in [5, 5.41) is 4.12. The molecule has 0 radical (unpaired) electrons. The zero-order chi connectivity index (χ0) is 16.8. The maximum atomic E-state index is 13.4. The van der Waals surface area contributed by atoms with Crippen molar-refractivity contribution in [2.75, 3.05) is 11.9 Å². The average Bonchev–Trinajstić information content (AvgIpc) is 2.52. The van der Waals surface area contributed by atoms with Crippen molar-refractivity contribution in [1.82, 2.24) is 5.32 Å². The number of carbonyl (C=O) groups excluding carboxylic acids is 2. The molecule has 0 spiro atoms. The van der Waals surface area contributed by atoms with Crippen molar-refractivity contribution in [2.24, 2.45) is 0 Å². The van der Waals surface area contributed by atoms with Crippen LogP contribution in [0.1, 0.15) is 5.56 Å². The van der Waals surface area contributed by atoms with Gasteiger partial charge in [0.05, 0.1) is 0 Å².